The highest BCUT2D eigenvalue weighted by Crippen LogP contribution is 2.23. The van der Waals surface area contributed by atoms with E-state index in [1.165, 1.54) is 6.07 Å². The van der Waals surface area contributed by atoms with Crippen LogP contribution in [0.3, 0.4) is 0 Å². The summed E-state index contributed by atoms with van der Waals surface area (Å²) in [5.41, 5.74) is 13.5. The summed E-state index contributed by atoms with van der Waals surface area (Å²) < 4.78 is 12.4. The monoisotopic (exact) mass is 322 g/mol. The Kier molecular flexibility index (Phi) is 4.65. The van der Waals surface area contributed by atoms with Gasteiger partial charge in [0.05, 0.1) is 16.6 Å². The van der Waals surface area contributed by atoms with Gasteiger partial charge in [-0.2, -0.15) is 0 Å². The van der Waals surface area contributed by atoms with Crippen LogP contribution in [-0.2, 0) is 16.6 Å². The number of carbonyl (C=O) groups excluding carboxylic acids is 1. The van der Waals surface area contributed by atoms with Crippen LogP contribution in [0, 0.1) is 6.92 Å². The van der Waals surface area contributed by atoms with Gasteiger partial charge in [-0.15, -0.1) is 0 Å². The molecule has 1 atom stereocenters. The Labute approximate surface area is 130 Å². The van der Waals surface area contributed by atoms with Gasteiger partial charge >= 0.3 is 0 Å². The lowest BCUT2D eigenvalue weighted by Crippen LogP contribution is -2.11. The molecule has 4 nitrogen and oxygen atoms in total. The minimum absolute atomic E-state index is 0.265. The van der Waals surface area contributed by atoms with Crippen molar-refractivity contribution in [3.8, 4) is 0 Å². The molecule has 0 radical (unpaired) electrons. The molecule has 110 valence electrons. The van der Waals surface area contributed by atoms with E-state index in [1.54, 1.807) is 30.3 Å². The lowest BCUT2D eigenvalue weighted by molar-refractivity contribution is 0.100. The first kappa shape index (κ1) is 15.5. The van der Waals surface area contributed by atoms with Crippen LogP contribution < -0.4 is 11.5 Å². The first-order chi connectivity index (χ1) is 9.88. The van der Waals surface area contributed by atoms with E-state index in [0.29, 0.717) is 26.7 Å². The number of rotatable bonds is 4. The Morgan fingerprint density at radius 2 is 1.95 bits per heavy atom. The second-order valence-corrected chi connectivity index (χ2v) is 6.54. The molecule has 2 aromatic rings. The summed E-state index contributed by atoms with van der Waals surface area (Å²) in [4.78, 5) is 11.8. The highest BCUT2D eigenvalue weighted by atomic mass is 35.5. The van der Waals surface area contributed by atoms with Crippen molar-refractivity contribution in [1.29, 1.82) is 0 Å². The van der Waals surface area contributed by atoms with E-state index in [4.69, 9.17) is 23.1 Å². The highest BCUT2D eigenvalue weighted by Gasteiger charge is 2.11. The van der Waals surface area contributed by atoms with Gasteiger partial charge in [0.1, 0.15) is 0 Å². The maximum atomic E-state index is 12.4. The van der Waals surface area contributed by atoms with E-state index in [1.807, 2.05) is 6.92 Å². The van der Waals surface area contributed by atoms with E-state index in [0.717, 1.165) is 5.56 Å². The van der Waals surface area contributed by atoms with E-state index >= 15 is 0 Å². The van der Waals surface area contributed by atoms with Crippen LogP contribution in [-0.4, -0.2) is 10.1 Å². The van der Waals surface area contributed by atoms with E-state index < -0.39 is 16.7 Å². The van der Waals surface area contributed by atoms with Crippen molar-refractivity contribution < 1.29 is 9.00 Å². The third kappa shape index (κ3) is 3.62. The largest absolute Gasteiger partial charge is 0.399 e. The van der Waals surface area contributed by atoms with Crippen LogP contribution in [0.1, 0.15) is 21.5 Å². The topological polar surface area (TPSA) is 86.2 Å². The molecular weight excluding hydrogens is 308 g/mol. The van der Waals surface area contributed by atoms with Gasteiger partial charge in [0.15, 0.2) is 0 Å². The summed E-state index contributed by atoms with van der Waals surface area (Å²) in [7, 11) is -1.24. The predicted octanol–water partition coefficient (Wildman–Crippen LogP) is 2.64. The highest BCUT2D eigenvalue weighted by molar-refractivity contribution is 7.84. The third-order valence-corrected chi connectivity index (χ3v) is 4.83. The molecule has 2 rings (SSSR count). The molecule has 0 aliphatic rings. The summed E-state index contributed by atoms with van der Waals surface area (Å²) in [6, 6.07) is 10.0. The molecule has 0 spiro atoms. The summed E-state index contributed by atoms with van der Waals surface area (Å²) >= 11 is 6.10. The number of aryl methyl sites for hydroxylation is 1. The number of carbonyl (C=O) groups is 1. The molecule has 0 aliphatic carbocycles. The first-order valence-electron chi connectivity index (χ1n) is 6.21. The van der Waals surface area contributed by atoms with Gasteiger partial charge in [-0.05, 0) is 48.4 Å². The molecule has 1 amide bonds. The van der Waals surface area contributed by atoms with Crippen LogP contribution in [0.2, 0.25) is 5.02 Å². The lowest BCUT2D eigenvalue weighted by atomic mass is 10.1. The van der Waals surface area contributed by atoms with Crippen molar-refractivity contribution in [2.75, 3.05) is 5.73 Å². The van der Waals surface area contributed by atoms with Crippen molar-refractivity contribution in [3.05, 3.63) is 58.1 Å². The molecular formula is C15H15ClN2O2S. The van der Waals surface area contributed by atoms with Crippen LogP contribution in [0.4, 0.5) is 5.69 Å². The quantitative estimate of drug-likeness (QED) is 0.848. The Morgan fingerprint density at radius 3 is 2.52 bits per heavy atom. The van der Waals surface area contributed by atoms with Gasteiger partial charge < -0.3 is 11.5 Å². The number of halogens is 1. The fourth-order valence-electron chi connectivity index (χ4n) is 1.83. The number of nitrogens with two attached hydrogens (primary N) is 2. The molecule has 0 fully saturated rings. The average molecular weight is 323 g/mol. The van der Waals surface area contributed by atoms with Gasteiger partial charge in [-0.1, -0.05) is 17.7 Å². The van der Waals surface area contributed by atoms with Gasteiger partial charge in [0.2, 0.25) is 5.91 Å². The average Bonchev–Trinajstić information content (AvgIpc) is 2.43. The van der Waals surface area contributed by atoms with Gasteiger partial charge in [0.25, 0.3) is 0 Å². The molecule has 0 saturated carbocycles. The first-order valence-corrected chi connectivity index (χ1v) is 7.91. The zero-order valence-corrected chi connectivity index (χ0v) is 13.0. The van der Waals surface area contributed by atoms with Gasteiger partial charge in [0, 0.05) is 21.2 Å². The predicted molar refractivity (Wildman–Crippen MR) is 85.7 cm³/mol. The zero-order chi connectivity index (χ0) is 15.6. The number of hydrogen-bond acceptors (Lipinski definition) is 3. The fourth-order valence-corrected chi connectivity index (χ4v) is 3.39. The number of hydrogen-bond donors (Lipinski definition) is 2. The third-order valence-electron chi connectivity index (χ3n) is 3.13. The SMILES string of the molecule is Cc1cc(S(=O)Cc2ccc(C(N)=O)cc2Cl)ccc1N. The van der Waals surface area contributed by atoms with Gasteiger partial charge in [-0.25, -0.2) is 0 Å². The summed E-state index contributed by atoms with van der Waals surface area (Å²) in [5.74, 6) is -0.278. The second kappa shape index (κ2) is 6.28. The molecule has 0 aliphatic heterocycles. The minimum Gasteiger partial charge on any atom is -0.399 e. The minimum atomic E-state index is -1.24. The molecule has 0 saturated heterocycles. The molecule has 0 bridgehead atoms. The van der Waals surface area contributed by atoms with Crippen LogP contribution in [0.15, 0.2) is 41.3 Å². The number of benzene rings is 2. The normalized spacial score (nSPS) is 12.1. The maximum absolute atomic E-state index is 12.4. The Hall–Kier alpha value is -1.85. The van der Waals surface area contributed by atoms with E-state index in [2.05, 4.69) is 0 Å². The molecule has 0 heterocycles. The molecule has 1 unspecified atom stereocenters. The second-order valence-electron chi connectivity index (χ2n) is 4.68. The number of nitrogen functional groups attached to an aromatic ring is 1. The Bertz CT molecular complexity index is 732. The summed E-state index contributed by atoms with van der Waals surface area (Å²) in [6.45, 7) is 1.87. The maximum Gasteiger partial charge on any atom is 0.248 e. The van der Waals surface area contributed by atoms with Crippen molar-refractivity contribution in [3.63, 3.8) is 0 Å². The lowest BCUT2D eigenvalue weighted by Gasteiger charge is -2.08. The van der Waals surface area contributed by atoms with Crippen LogP contribution in [0.25, 0.3) is 0 Å². The number of amides is 1. The van der Waals surface area contributed by atoms with E-state index in [9.17, 15) is 9.00 Å². The summed E-state index contributed by atoms with van der Waals surface area (Å²) in [6.07, 6.45) is 0. The van der Waals surface area contributed by atoms with Gasteiger partial charge in [-0.3, -0.25) is 9.00 Å². The number of anilines is 1. The van der Waals surface area contributed by atoms with Crippen molar-refractivity contribution in [2.45, 2.75) is 17.6 Å². The van der Waals surface area contributed by atoms with Crippen molar-refractivity contribution >= 4 is 34.0 Å². The Balaban J connectivity index is 2.23. The number of primary amides is 1. The molecule has 4 N–H and O–H groups in total. The van der Waals surface area contributed by atoms with Crippen LogP contribution >= 0.6 is 11.6 Å². The summed E-state index contributed by atoms with van der Waals surface area (Å²) in [5, 5.41) is 0.381. The molecule has 0 aromatic heterocycles. The van der Waals surface area contributed by atoms with Crippen LogP contribution in [0.5, 0.6) is 0 Å². The van der Waals surface area contributed by atoms with Crippen molar-refractivity contribution in [1.82, 2.24) is 0 Å². The zero-order valence-electron chi connectivity index (χ0n) is 11.4. The smallest absolute Gasteiger partial charge is 0.248 e. The standard InChI is InChI=1S/C15H15ClN2O2S/c1-9-6-12(4-5-14(9)17)21(20)8-11-3-2-10(15(18)19)7-13(11)16/h2-7H,8,17H2,1H3,(H2,18,19). The molecule has 21 heavy (non-hydrogen) atoms. The molecule has 2 aromatic carbocycles. The Morgan fingerprint density at radius 1 is 1.24 bits per heavy atom. The fraction of sp³-hybridized carbons (Fsp3) is 0.133. The van der Waals surface area contributed by atoms with Crippen molar-refractivity contribution in [2.24, 2.45) is 5.73 Å². The molecule has 6 heteroatoms. The van der Waals surface area contributed by atoms with E-state index in [-0.39, 0.29) is 5.75 Å².